The molecule has 6 nitrogen and oxygen atoms in total. The third kappa shape index (κ3) is 2.45. The Labute approximate surface area is 116 Å². The molecule has 3 rings (SSSR count). The third-order valence-electron chi connectivity index (χ3n) is 2.49. The second-order valence-corrected chi connectivity index (χ2v) is 5.75. The number of esters is 1. The average molecular weight is 295 g/mol. The predicted octanol–water partition coefficient (Wildman–Crippen LogP) is 1.67. The summed E-state index contributed by atoms with van der Waals surface area (Å²) in [6, 6.07) is 1.55. The smallest absolute Gasteiger partial charge is 0.348 e. The van der Waals surface area contributed by atoms with Gasteiger partial charge in [-0.25, -0.2) is 9.78 Å². The molecule has 0 saturated carbocycles. The fourth-order valence-corrected chi connectivity index (χ4v) is 3.09. The molecule has 0 radical (unpaired) electrons. The van der Waals surface area contributed by atoms with Crippen molar-refractivity contribution in [3.63, 3.8) is 0 Å². The van der Waals surface area contributed by atoms with Crippen molar-refractivity contribution in [2.45, 2.75) is 6.61 Å². The van der Waals surface area contributed by atoms with Crippen LogP contribution in [-0.4, -0.2) is 23.5 Å². The highest BCUT2D eigenvalue weighted by Gasteiger charge is 2.23. The quantitative estimate of drug-likeness (QED) is 0.842. The summed E-state index contributed by atoms with van der Waals surface area (Å²) in [5.41, 5.74) is 0.484. The van der Waals surface area contributed by atoms with Gasteiger partial charge < -0.3 is 15.4 Å². The van der Waals surface area contributed by atoms with Crippen LogP contribution in [0.15, 0.2) is 17.6 Å². The minimum atomic E-state index is -0.441. The van der Waals surface area contributed by atoms with E-state index in [1.807, 2.05) is 5.38 Å². The highest BCUT2D eigenvalue weighted by molar-refractivity contribution is 7.18. The van der Waals surface area contributed by atoms with Crippen molar-refractivity contribution >= 4 is 39.6 Å². The van der Waals surface area contributed by atoms with Gasteiger partial charge in [0, 0.05) is 11.6 Å². The van der Waals surface area contributed by atoms with Gasteiger partial charge in [0.1, 0.15) is 21.5 Å². The van der Waals surface area contributed by atoms with E-state index in [9.17, 15) is 9.59 Å². The Kier molecular flexibility index (Phi) is 3.18. The van der Waals surface area contributed by atoms with Gasteiger partial charge in [0.05, 0.1) is 12.2 Å². The Bertz CT molecular complexity index is 621. The normalized spacial score (nSPS) is 13.4. The molecule has 0 aromatic carbocycles. The molecule has 0 saturated heterocycles. The molecule has 2 aromatic heterocycles. The molecular formula is C11H9N3O3S2. The largest absolute Gasteiger partial charge is 0.454 e. The summed E-state index contributed by atoms with van der Waals surface area (Å²) in [7, 11) is 0. The van der Waals surface area contributed by atoms with E-state index < -0.39 is 5.97 Å². The Morgan fingerprint density at radius 1 is 1.47 bits per heavy atom. The van der Waals surface area contributed by atoms with Crippen molar-refractivity contribution in [1.29, 1.82) is 0 Å². The monoisotopic (exact) mass is 295 g/mol. The molecule has 1 amide bonds. The number of carbonyl (C=O) groups excluding carboxylic acids is 2. The summed E-state index contributed by atoms with van der Waals surface area (Å²) in [6.07, 6.45) is 1.66. The van der Waals surface area contributed by atoms with Crippen LogP contribution in [0.1, 0.15) is 25.0 Å². The van der Waals surface area contributed by atoms with Gasteiger partial charge >= 0.3 is 5.97 Å². The molecule has 0 spiro atoms. The van der Waals surface area contributed by atoms with Crippen LogP contribution < -0.4 is 10.6 Å². The first kappa shape index (κ1) is 12.1. The van der Waals surface area contributed by atoms with Crippen LogP contribution in [-0.2, 0) is 11.3 Å². The Morgan fingerprint density at radius 3 is 3.11 bits per heavy atom. The molecule has 0 aliphatic carbocycles. The highest BCUT2D eigenvalue weighted by atomic mass is 32.1. The van der Waals surface area contributed by atoms with E-state index in [0.717, 1.165) is 5.01 Å². The number of thiazole rings is 1. The second kappa shape index (κ2) is 4.98. The molecular weight excluding hydrogens is 286 g/mol. The van der Waals surface area contributed by atoms with E-state index in [0.29, 0.717) is 22.1 Å². The minimum absolute atomic E-state index is 0.151. The summed E-state index contributed by atoms with van der Waals surface area (Å²) in [5.74, 6) is -0.617. The number of thiophene rings is 1. The highest BCUT2D eigenvalue weighted by Crippen LogP contribution is 2.30. The van der Waals surface area contributed by atoms with Gasteiger partial charge in [0.25, 0.3) is 5.91 Å². The number of fused-ring (bicyclic) bond motifs is 1. The lowest BCUT2D eigenvalue weighted by Gasteiger charge is -2.13. The maximum atomic E-state index is 11.9. The number of amides is 1. The Hall–Kier alpha value is -1.93. The molecule has 98 valence electrons. The fraction of sp³-hybridized carbons (Fsp3) is 0.182. The average Bonchev–Trinajstić information content (AvgIpc) is 3.05. The van der Waals surface area contributed by atoms with Crippen LogP contribution in [0, 0.1) is 0 Å². The van der Waals surface area contributed by atoms with Gasteiger partial charge in [-0.3, -0.25) is 4.79 Å². The van der Waals surface area contributed by atoms with Crippen LogP contribution in [0.2, 0.25) is 0 Å². The third-order valence-corrected chi connectivity index (χ3v) is 4.31. The molecule has 0 bridgehead atoms. The van der Waals surface area contributed by atoms with Crippen molar-refractivity contribution in [3.8, 4) is 0 Å². The standard InChI is InChI=1S/C11H9N3O3S2/c15-9-6-3-7(19-10(6)14-5-13-9)11(16)17-4-8-12-1-2-18-8/h1-3,14H,4-5H2,(H,13,15). The molecule has 0 unspecified atom stereocenters. The van der Waals surface area contributed by atoms with Crippen molar-refractivity contribution in [2.75, 3.05) is 12.0 Å². The van der Waals surface area contributed by atoms with Gasteiger partial charge in [0.2, 0.25) is 0 Å². The molecule has 2 N–H and O–H groups in total. The first-order valence-corrected chi connectivity index (χ1v) is 7.15. The van der Waals surface area contributed by atoms with E-state index in [4.69, 9.17) is 4.74 Å². The summed E-state index contributed by atoms with van der Waals surface area (Å²) in [4.78, 5) is 27.9. The first-order valence-electron chi connectivity index (χ1n) is 5.45. The maximum Gasteiger partial charge on any atom is 0.348 e. The van der Waals surface area contributed by atoms with Crippen LogP contribution >= 0.6 is 22.7 Å². The number of hydrogen-bond donors (Lipinski definition) is 2. The molecule has 19 heavy (non-hydrogen) atoms. The van der Waals surface area contributed by atoms with Crippen LogP contribution in [0.5, 0.6) is 0 Å². The zero-order chi connectivity index (χ0) is 13.2. The lowest BCUT2D eigenvalue weighted by Crippen LogP contribution is -2.33. The van der Waals surface area contributed by atoms with E-state index >= 15 is 0 Å². The number of rotatable bonds is 3. The van der Waals surface area contributed by atoms with Crippen molar-refractivity contribution in [1.82, 2.24) is 10.3 Å². The summed E-state index contributed by atoms with van der Waals surface area (Å²) >= 11 is 2.65. The van der Waals surface area contributed by atoms with E-state index in [2.05, 4.69) is 15.6 Å². The molecule has 0 fully saturated rings. The van der Waals surface area contributed by atoms with E-state index in [-0.39, 0.29) is 12.5 Å². The lowest BCUT2D eigenvalue weighted by molar-refractivity contribution is 0.0478. The van der Waals surface area contributed by atoms with Gasteiger partial charge in [-0.1, -0.05) is 0 Å². The topological polar surface area (TPSA) is 80.3 Å². The maximum absolute atomic E-state index is 11.9. The SMILES string of the molecule is O=C(OCc1nccs1)c1cc2c(s1)NCNC2=O. The Balaban J connectivity index is 1.72. The molecule has 1 aliphatic rings. The molecule has 8 heteroatoms. The van der Waals surface area contributed by atoms with Gasteiger partial charge in [-0.05, 0) is 6.07 Å². The van der Waals surface area contributed by atoms with Gasteiger partial charge in [-0.2, -0.15) is 0 Å². The summed E-state index contributed by atoms with van der Waals surface area (Å²) < 4.78 is 5.15. The van der Waals surface area contributed by atoms with Crippen LogP contribution in [0.3, 0.4) is 0 Å². The molecule has 2 aromatic rings. The summed E-state index contributed by atoms with van der Waals surface area (Å²) in [6.45, 7) is 0.526. The number of carbonyl (C=O) groups is 2. The van der Waals surface area contributed by atoms with Crippen LogP contribution in [0.25, 0.3) is 0 Å². The number of anilines is 1. The minimum Gasteiger partial charge on any atom is -0.454 e. The Morgan fingerprint density at radius 2 is 2.37 bits per heavy atom. The number of hydrogen-bond acceptors (Lipinski definition) is 7. The van der Waals surface area contributed by atoms with Crippen LogP contribution in [0.4, 0.5) is 5.00 Å². The van der Waals surface area contributed by atoms with E-state index in [1.54, 1.807) is 12.3 Å². The molecule has 3 heterocycles. The number of nitrogens with zero attached hydrogens (tertiary/aromatic N) is 1. The second-order valence-electron chi connectivity index (χ2n) is 3.71. The van der Waals surface area contributed by atoms with Gasteiger partial charge in [-0.15, -0.1) is 22.7 Å². The van der Waals surface area contributed by atoms with Crippen molar-refractivity contribution < 1.29 is 14.3 Å². The number of aromatic nitrogens is 1. The van der Waals surface area contributed by atoms with Gasteiger partial charge in [0.15, 0.2) is 0 Å². The lowest BCUT2D eigenvalue weighted by atomic mass is 10.2. The fourth-order valence-electron chi connectivity index (χ4n) is 1.61. The first-order chi connectivity index (χ1) is 9.24. The summed E-state index contributed by atoms with van der Waals surface area (Å²) in [5, 5.41) is 8.91. The number of nitrogens with one attached hydrogen (secondary N) is 2. The van der Waals surface area contributed by atoms with Crippen molar-refractivity contribution in [2.24, 2.45) is 0 Å². The number of ether oxygens (including phenoxy) is 1. The van der Waals surface area contributed by atoms with Crippen molar-refractivity contribution in [3.05, 3.63) is 33.1 Å². The zero-order valence-electron chi connectivity index (χ0n) is 9.63. The van der Waals surface area contributed by atoms with E-state index in [1.165, 1.54) is 22.7 Å². The zero-order valence-corrected chi connectivity index (χ0v) is 11.3. The predicted molar refractivity (Wildman–Crippen MR) is 71.5 cm³/mol. The molecule has 1 aliphatic heterocycles. The molecule has 0 atom stereocenters.